The molecule has 1 saturated heterocycles. The molecule has 0 bridgehead atoms. The number of rotatable bonds is 11. The van der Waals surface area contributed by atoms with Crippen molar-refractivity contribution >= 4 is 28.5 Å². The fraction of sp³-hybridized carbons (Fsp3) is 0.333. The van der Waals surface area contributed by atoms with Gasteiger partial charge < -0.3 is 24.3 Å². The van der Waals surface area contributed by atoms with E-state index in [1.165, 1.54) is 30.9 Å². The number of amides is 2. The van der Waals surface area contributed by atoms with Crippen LogP contribution < -0.4 is 24.4 Å². The third-order valence-corrected chi connectivity index (χ3v) is 7.08. The number of para-hydroxylation sites is 4. The molecule has 2 heterocycles. The highest BCUT2D eigenvalue weighted by atomic mass is 16.5. The van der Waals surface area contributed by atoms with E-state index in [4.69, 9.17) is 18.9 Å². The van der Waals surface area contributed by atoms with Gasteiger partial charge in [0.2, 0.25) is 11.8 Å². The number of hydrogen-bond donors (Lipinski definition) is 1. The second kappa shape index (κ2) is 12.7. The molecule has 11 heteroatoms. The maximum atomic E-state index is 14.4. The van der Waals surface area contributed by atoms with Crippen LogP contribution in [0.3, 0.4) is 0 Å². The van der Waals surface area contributed by atoms with Gasteiger partial charge in [-0.3, -0.25) is 14.5 Å². The fourth-order valence-electron chi connectivity index (χ4n) is 5.13. The first kappa shape index (κ1) is 27.9. The van der Waals surface area contributed by atoms with E-state index in [-0.39, 0.29) is 12.6 Å². The molecule has 0 saturated carbocycles. The van der Waals surface area contributed by atoms with Crippen molar-refractivity contribution in [1.29, 1.82) is 0 Å². The van der Waals surface area contributed by atoms with Gasteiger partial charge in [-0.25, -0.2) is 4.68 Å². The number of carbonyl (C=O) groups is 2. The van der Waals surface area contributed by atoms with Gasteiger partial charge in [-0.05, 0) is 43.2 Å². The number of aromatic nitrogens is 3. The normalized spacial score (nSPS) is 15.3. The predicted octanol–water partition coefficient (Wildman–Crippen LogP) is 3.53. The average Bonchev–Trinajstić information content (AvgIpc) is 3.68. The summed E-state index contributed by atoms with van der Waals surface area (Å²) in [5.41, 5.74) is 2.20. The summed E-state index contributed by atoms with van der Waals surface area (Å²) in [6.45, 7) is 0.787. The molecule has 0 radical (unpaired) electrons. The quantitative estimate of drug-likeness (QED) is 0.297. The standard InChI is InChI=1S/C30H33N5O6/c1-38-25-15-7-6-14-24(25)35(27(36)19-34-23-13-5-4-12-22(23)32-33-34)28(30(37)31-18-20-10-9-17-41-20)21-11-8-16-26(39-2)29(21)40-3/h4-8,11-16,20,28H,9-10,17-19H2,1-3H3,(H,31,37)/t20-,28+/m0/s1. The lowest BCUT2D eigenvalue weighted by Gasteiger charge is -2.33. The van der Waals surface area contributed by atoms with Crippen LogP contribution in [-0.4, -0.2) is 67.4 Å². The van der Waals surface area contributed by atoms with Crippen LogP contribution in [0.15, 0.2) is 66.7 Å². The molecule has 0 unspecified atom stereocenters. The van der Waals surface area contributed by atoms with E-state index >= 15 is 0 Å². The minimum Gasteiger partial charge on any atom is -0.495 e. The van der Waals surface area contributed by atoms with Crippen molar-refractivity contribution in [3.05, 3.63) is 72.3 Å². The largest absolute Gasteiger partial charge is 0.495 e. The monoisotopic (exact) mass is 559 g/mol. The van der Waals surface area contributed by atoms with Gasteiger partial charge in [-0.1, -0.05) is 41.6 Å². The zero-order chi connectivity index (χ0) is 28.8. The third kappa shape index (κ3) is 5.80. The molecule has 3 aromatic carbocycles. The lowest BCUT2D eigenvalue weighted by atomic mass is 10.0. The molecular formula is C30H33N5O6. The molecule has 0 spiro atoms. The average molecular weight is 560 g/mol. The van der Waals surface area contributed by atoms with Gasteiger partial charge in [-0.15, -0.1) is 5.10 Å². The SMILES string of the molecule is COc1ccccc1N(C(=O)Cn1nnc2ccccc21)[C@@H](C(=O)NC[C@@H]1CCCO1)c1cccc(OC)c1OC. The van der Waals surface area contributed by atoms with Crippen LogP contribution >= 0.6 is 0 Å². The molecule has 1 N–H and O–H groups in total. The number of methoxy groups -OCH3 is 3. The molecule has 1 aliphatic rings. The number of benzene rings is 3. The molecule has 5 rings (SSSR count). The number of carbonyl (C=O) groups excluding carboxylic acids is 2. The van der Waals surface area contributed by atoms with E-state index in [9.17, 15) is 9.59 Å². The lowest BCUT2D eigenvalue weighted by Crippen LogP contribution is -2.47. The summed E-state index contributed by atoms with van der Waals surface area (Å²) in [5.74, 6) is 0.368. The molecule has 1 aromatic heterocycles. The topological polar surface area (TPSA) is 117 Å². The first-order valence-corrected chi connectivity index (χ1v) is 13.4. The number of fused-ring (bicyclic) bond motifs is 1. The summed E-state index contributed by atoms with van der Waals surface area (Å²) in [5, 5.41) is 11.4. The van der Waals surface area contributed by atoms with Crippen molar-refractivity contribution in [1.82, 2.24) is 20.3 Å². The summed E-state index contributed by atoms with van der Waals surface area (Å²) in [7, 11) is 4.54. The van der Waals surface area contributed by atoms with Crippen LogP contribution in [0.2, 0.25) is 0 Å². The summed E-state index contributed by atoms with van der Waals surface area (Å²) < 4.78 is 24.2. The molecule has 214 valence electrons. The van der Waals surface area contributed by atoms with Crippen LogP contribution in [-0.2, 0) is 20.9 Å². The Morgan fingerprint density at radius 2 is 1.76 bits per heavy atom. The van der Waals surface area contributed by atoms with E-state index < -0.39 is 17.9 Å². The number of nitrogens with zero attached hydrogens (tertiary/aromatic N) is 4. The van der Waals surface area contributed by atoms with Gasteiger partial charge in [0.05, 0.1) is 38.6 Å². The minimum atomic E-state index is -1.15. The van der Waals surface area contributed by atoms with Gasteiger partial charge in [0.1, 0.15) is 23.9 Å². The van der Waals surface area contributed by atoms with Gasteiger partial charge in [0.25, 0.3) is 0 Å². The van der Waals surface area contributed by atoms with Crippen molar-refractivity contribution in [3.8, 4) is 17.2 Å². The molecule has 41 heavy (non-hydrogen) atoms. The van der Waals surface area contributed by atoms with Crippen molar-refractivity contribution in [3.63, 3.8) is 0 Å². The molecule has 1 aliphatic heterocycles. The molecule has 1 fully saturated rings. The predicted molar refractivity (Wildman–Crippen MR) is 152 cm³/mol. The Morgan fingerprint density at radius 1 is 1.00 bits per heavy atom. The van der Waals surface area contributed by atoms with Crippen molar-refractivity contribution in [2.45, 2.75) is 31.5 Å². The van der Waals surface area contributed by atoms with E-state index in [1.807, 2.05) is 24.3 Å². The number of hydrogen-bond acceptors (Lipinski definition) is 8. The van der Waals surface area contributed by atoms with Crippen LogP contribution in [0, 0.1) is 0 Å². The zero-order valence-electron chi connectivity index (χ0n) is 23.3. The van der Waals surface area contributed by atoms with Crippen molar-refractivity contribution in [2.24, 2.45) is 0 Å². The van der Waals surface area contributed by atoms with E-state index in [0.29, 0.717) is 52.7 Å². The van der Waals surface area contributed by atoms with E-state index in [2.05, 4.69) is 15.6 Å². The summed E-state index contributed by atoms with van der Waals surface area (Å²) >= 11 is 0. The van der Waals surface area contributed by atoms with Crippen LogP contribution in [0.4, 0.5) is 5.69 Å². The Balaban J connectivity index is 1.63. The second-order valence-electron chi connectivity index (χ2n) is 9.54. The zero-order valence-corrected chi connectivity index (χ0v) is 23.3. The van der Waals surface area contributed by atoms with Gasteiger partial charge >= 0.3 is 0 Å². The highest BCUT2D eigenvalue weighted by Gasteiger charge is 2.37. The van der Waals surface area contributed by atoms with Gasteiger partial charge in [0.15, 0.2) is 11.5 Å². The van der Waals surface area contributed by atoms with Crippen molar-refractivity contribution < 1.29 is 28.5 Å². The Hall–Kier alpha value is -4.64. The molecule has 11 nitrogen and oxygen atoms in total. The second-order valence-corrected chi connectivity index (χ2v) is 9.54. The molecule has 2 amide bonds. The van der Waals surface area contributed by atoms with Crippen LogP contribution in [0.25, 0.3) is 11.0 Å². The number of nitrogens with one attached hydrogen (secondary N) is 1. The smallest absolute Gasteiger partial charge is 0.249 e. The third-order valence-electron chi connectivity index (χ3n) is 7.08. The number of ether oxygens (including phenoxy) is 4. The Morgan fingerprint density at radius 3 is 2.51 bits per heavy atom. The summed E-state index contributed by atoms with van der Waals surface area (Å²) in [6, 6.07) is 18.5. The first-order valence-electron chi connectivity index (χ1n) is 13.4. The first-order chi connectivity index (χ1) is 20.0. The molecular weight excluding hydrogens is 526 g/mol. The summed E-state index contributed by atoms with van der Waals surface area (Å²) in [6.07, 6.45) is 1.69. The maximum absolute atomic E-state index is 14.4. The summed E-state index contributed by atoms with van der Waals surface area (Å²) in [4.78, 5) is 30.0. The highest BCUT2D eigenvalue weighted by molar-refractivity contribution is 6.03. The fourth-order valence-corrected chi connectivity index (χ4v) is 5.13. The van der Waals surface area contributed by atoms with Gasteiger partial charge in [0, 0.05) is 18.7 Å². The molecule has 4 aromatic rings. The molecule has 2 atom stereocenters. The maximum Gasteiger partial charge on any atom is 0.249 e. The van der Waals surface area contributed by atoms with Crippen LogP contribution in [0.1, 0.15) is 24.4 Å². The Kier molecular flexibility index (Phi) is 8.64. The molecule has 0 aliphatic carbocycles. The van der Waals surface area contributed by atoms with E-state index in [0.717, 1.165) is 12.8 Å². The van der Waals surface area contributed by atoms with Crippen LogP contribution in [0.5, 0.6) is 17.2 Å². The lowest BCUT2D eigenvalue weighted by molar-refractivity contribution is -0.127. The van der Waals surface area contributed by atoms with E-state index in [1.54, 1.807) is 42.5 Å². The Bertz CT molecular complexity index is 1520. The van der Waals surface area contributed by atoms with Crippen molar-refractivity contribution in [2.75, 3.05) is 39.4 Å². The number of anilines is 1. The minimum absolute atomic E-state index is 0.0938. The van der Waals surface area contributed by atoms with Gasteiger partial charge in [-0.2, -0.15) is 0 Å². The highest BCUT2D eigenvalue weighted by Crippen LogP contribution is 2.41. The Labute approximate surface area is 237 Å².